The molecule has 0 saturated heterocycles. The number of aromatic nitrogens is 2. The molecule has 1 heterocycles. The van der Waals surface area contributed by atoms with E-state index in [1.807, 2.05) is 32.5 Å². The van der Waals surface area contributed by atoms with Gasteiger partial charge in [-0.25, -0.2) is 0 Å². The van der Waals surface area contributed by atoms with Gasteiger partial charge in [0, 0.05) is 7.05 Å². The van der Waals surface area contributed by atoms with E-state index in [0.29, 0.717) is 0 Å². The minimum absolute atomic E-state index is 1.11. The summed E-state index contributed by atoms with van der Waals surface area (Å²) in [6.07, 6.45) is 0. The van der Waals surface area contributed by atoms with Gasteiger partial charge in [0.2, 0.25) is 0 Å². The Labute approximate surface area is 71.2 Å². The maximum absolute atomic E-state index is 4.21. The number of aryl methyl sites for hydroxylation is 2. The normalized spacial score (nSPS) is 8.91. The van der Waals surface area contributed by atoms with E-state index in [0.717, 1.165) is 5.69 Å². The van der Waals surface area contributed by atoms with Crippen molar-refractivity contribution in [2.75, 3.05) is 0 Å². The molecule has 3 heteroatoms. The first-order valence-electron chi connectivity index (χ1n) is 3.88. The highest BCUT2D eigenvalue weighted by atomic mass is 31.0. The smallest absolute Gasteiger partial charge is 0.0629 e. The van der Waals surface area contributed by atoms with Crippen LogP contribution < -0.4 is 5.44 Å². The van der Waals surface area contributed by atoms with Gasteiger partial charge >= 0.3 is 0 Å². The SMILES string of the molecule is CC.Cc1nn(C)c(P)c1C. The highest BCUT2D eigenvalue weighted by molar-refractivity contribution is 7.27. The lowest BCUT2D eigenvalue weighted by atomic mass is 10.3. The van der Waals surface area contributed by atoms with Crippen molar-refractivity contribution >= 4 is 14.7 Å². The third-order valence-electron chi connectivity index (χ3n) is 1.58. The highest BCUT2D eigenvalue weighted by Gasteiger charge is 2.01. The second kappa shape index (κ2) is 4.50. The van der Waals surface area contributed by atoms with Gasteiger partial charge in [0.25, 0.3) is 0 Å². The van der Waals surface area contributed by atoms with Crippen molar-refractivity contribution in [3.63, 3.8) is 0 Å². The van der Waals surface area contributed by atoms with Crippen molar-refractivity contribution in [2.45, 2.75) is 27.7 Å². The maximum atomic E-state index is 4.21. The molecule has 0 spiro atoms. The first kappa shape index (κ1) is 10.6. The molecule has 1 aromatic rings. The number of nitrogens with zero attached hydrogens (tertiary/aromatic N) is 2. The Morgan fingerprint density at radius 3 is 1.82 bits per heavy atom. The molecular weight excluding hydrogens is 155 g/mol. The first-order chi connectivity index (χ1) is 5.13. The van der Waals surface area contributed by atoms with E-state index < -0.39 is 0 Å². The molecule has 0 bridgehead atoms. The molecule has 0 fully saturated rings. The summed E-state index contributed by atoms with van der Waals surface area (Å²) >= 11 is 0. The fourth-order valence-electron chi connectivity index (χ4n) is 0.782. The standard InChI is InChI=1S/C6H11N2P.C2H6/c1-4-5(2)7-8(3)6(4)9;1-2/h9H2,1-3H3;1-2H3. The van der Waals surface area contributed by atoms with E-state index in [4.69, 9.17) is 0 Å². The van der Waals surface area contributed by atoms with Crippen LogP contribution in [0.5, 0.6) is 0 Å². The Morgan fingerprint density at radius 2 is 1.73 bits per heavy atom. The van der Waals surface area contributed by atoms with E-state index in [-0.39, 0.29) is 0 Å². The van der Waals surface area contributed by atoms with Crippen LogP contribution in [0.4, 0.5) is 0 Å². The van der Waals surface area contributed by atoms with Crippen molar-refractivity contribution in [3.8, 4) is 0 Å². The van der Waals surface area contributed by atoms with E-state index >= 15 is 0 Å². The van der Waals surface area contributed by atoms with Crippen LogP contribution in [0.15, 0.2) is 0 Å². The Hall–Kier alpha value is -0.360. The molecule has 1 rings (SSSR count). The van der Waals surface area contributed by atoms with Crippen LogP contribution in [-0.4, -0.2) is 9.78 Å². The molecule has 11 heavy (non-hydrogen) atoms. The van der Waals surface area contributed by atoms with Gasteiger partial charge < -0.3 is 0 Å². The second-order valence-corrected chi connectivity index (χ2v) is 2.77. The van der Waals surface area contributed by atoms with Gasteiger partial charge in [-0.3, -0.25) is 4.68 Å². The lowest BCUT2D eigenvalue weighted by molar-refractivity contribution is 0.778. The Bertz CT molecular complexity index is 206. The Morgan fingerprint density at radius 1 is 1.27 bits per heavy atom. The predicted octanol–water partition coefficient (Wildman–Crippen LogP) is 1.56. The van der Waals surface area contributed by atoms with Gasteiger partial charge in [0.05, 0.1) is 11.1 Å². The lowest BCUT2D eigenvalue weighted by Gasteiger charge is -1.90. The predicted molar refractivity (Wildman–Crippen MR) is 53.4 cm³/mol. The number of hydrogen-bond acceptors (Lipinski definition) is 1. The summed E-state index contributed by atoms with van der Waals surface area (Å²) in [5.74, 6) is 0. The third-order valence-corrected chi connectivity index (χ3v) is 2.38. The molecule has 0 radical (unpaired) electrons. The Kier molecular flexibility index (Phi) is 4.36. The molecule has 64 valence electrons. The van der Waals surface area contributed by atoms with Crippen LogP contribution >= 0.6 is 9.24 Å². The van der Waals surface area contributed by atoms with Crippen LogP contribution in [0.3, 0.4) is 0 Å². The average molecular weight is 172 g/mol. The zero-order valence-corrected chi connectivity index (χ0v) is 9.13. The van der Waals surface area contributed by atoms with Crippen LogP contribution in [0, 0.1) is 13.8 Å². The monoisotopic (exact) mass is 172 g/mol. The molecule has 0 aliphatic rings. The summed E-state index contributed by atoms with van der Waals surface area (Å²) in [6.45, 7) is 8.09. The first-order valence-corrected chi connectivity index (χ1v) is 4.46. The maximum Gasteiger partial charge on any atom is 0.0629 e. The molecule has 1 aromatic heterocycles. The van der Waals surface area contributed by atoms with Crippen molar-refractivity contribution in [2.24, 2.45) is 7.05 Å². The average Bonchev–Trinajstić information content (AvgIpc) is 2.22. The van der Waals surface area contributed by atoms with Crippen molar-refractivity contribution in [1.29, 1.82) is 0 Å². The van der Waals surface area contributed by atoms with E-state index in [9.17, 15) is 0 Å². The summed E-state index contributed by atoms with van der Waals surface area (Å²) in [4.78, 5) is 0. The highest BCUT2D eigenvalue weighted by Crippen LogP contribution is 2.02. The van der Waals surface area contributed by atoms with Crippen molar-refractivity contribution in [3.05, 3.63) is 11.3 Å². The van der Waals surface area contributed by atoms with Gasteiger partial charge in [-0.2, -0.15) is 5.10 Å². The van der Waals surface area contributed by atoms with E-state index in [1.165, 1.54) is 11.0 Å². The van der Waals surface area contributed by atoms with Crippen LogP contribution in [0.2, 0.25) is 0 Å². The molecule has 0 N–H and O–H groups in total. The molecule has 2 nitrogen and oxygen atoms in total. The molecular formula is C8H17N2P. The fourth-order valence-corrected chi connectivity index (χ4v) is 1.05. The topological polar surface area (TPSA) is 17.8 Å². The minimum Gasteiger partial charge on any atom is -0.268 e. The van der Waals surface area contributed by atoms with Crippen molar-refractivity contribution < 1.29 is 0 Å². The molecule has 0 aliphatic carbocycles. The summed E-state index contributed by atoms with van der Waals surface area (Å²) in [6, 6.07) is 0. The Balaban J connectivity index is 0.000000461. The molecule has 1 unspecified atom stereocenters. The summed E-state index contributed by atoms with van der Waals surface area (Å²) in [5, 5.41) is 4.21. The van der Waals surface area contributed by atoms with Gasteiger partial charge in [0.1, 0.15) is 0 Å². The fraction of sp³-hybridized carbons (Fsp3) is 0.625. The summed E-state index contributed by atoms with van der Waals surface area (Å²) in [5.41, 5.74) is 3.55. The van der Waals surface area contributed by atoms with Crippen LogP contribution in [0.25, 0.3) is 0 Å². The zero-order chi connectivity index (χ0) is 9.02. The largest absolute Gasteiger partial charge is 0.268 e. The quantitative estimate of drug-likeness (QED) is 0.543. The summed E-state index contributed by atoms with van der Waals surface area (Å²) in [7, 11) is 4.61. The molecule has 0 amide bonds. The minimum atomic E-state index is 1.11. The van der Waals surface area contributed by atoms with Gasteiger partial charge in [-0.15, -0.1) is 0 Å². The van der Waals surface area contributed by atoms with Gasteiger partial charge in [-0.05, 0) is 19.4 Å². The van der Waals surface area contributed by atoms with Crippen molar-refractivity contribution in [1.82, 2.24) is 9.78 Å². The van der Waals surface area contributed by atoms with Crippen LogP contribution in [-0.2, 0) is 7.05 Å². The van der Waals surface area contributed by atoms with Crippen LogP contribution in [0.1, 0.15) is 25.1 Å². The van der Waals surface area contributed by atoms with Gasteiger partial charge in [0.15, 0.2) is 0 Å². The molecule has 1 atom stereocenters. The number of rotatable bonds is 0. The molecule has 0 saturated carbocycles. The third kappa shape index (κ3) is 2.30. The molecule has 0 aromatic carbocycles. The second-order valence-electron chi connectivity index (χ2n) is 2.22. The van der Waals surface area contributed by atoms with E-state index in [1.54, 1.807) is 0 Å². The number of hydrogen-bond donors (Lipinski definition) is 0. The zero-order valence-electron chi connectivity index (χ0n) is 7.97. The summed E-state index contributed by atoms with van der Waals surface area (Å²) < 4.78 is 1.87. The van der Waals surface area contributed by atoms with E-state index in [2.05, 4.69) is 21.3 Å². The van der Waals surface area contributed by atoms with Gasteiger partial charge in [-0.1, -0.05) is 23.1 Å². The lowest BCUT2D eigenvalue weighted by Crippen LogP contribution is -2.06. The molecule has 0 aliphatic heterocycles.